The van der Waals surface area contributed by atoms with Crippen LogP contribution in [0.2, 0.25) is 0 Å². The number of carboxylic acid groups (broad SMARTS) is 1. The summed E-state index contributed by atoms with van der Waals surface area (Å²) in [7, 11) is 0. The Kier molecular flexibility index (Phi) is 2.81. The molecule has 0 bridgehead atoms. The van der Waals surface area contributed by atoms with Crippen molar-refractivity contribution < 1.29 is 14.7 Å². The molecule has 2 rings (SSSR count). The zero-order valence-electron chi connectivity index (χ0n) is 9.00. The van der Waals surface area contributed by atoms with Crippen LogP contribution in [0.4, 0.5) is 0 Å². The van der Waals surface area contributed by atoms with Crippen molar-refractivity contribution in [1.29, 1.82) is 0 Å². The molecule has 0 heterocycles. The monoisotopic (exact) mass is 210 g/mol. The Labute approximate surface area is 89.9 Å². The number of carbonyl (C=O) groups is 2. The number of ketones is 1. The van der Waals surface area contributed by atoms with Gasteiger partial charge in [-0.25, -0.2) is 0 Å². The third-order valence-corrected chi connectivity index (χ3v) is 3.81. The highest BCUT2D eigenvalue weighted by atomic mass is 16.4. The normalized spacial score (nSPS) is 25.2. The first kappa shape index (κ1) is 10.7. The van der Waals surface area contributed by atoms with E-state index in [1.54, 1.807) is 0 Å². The Morgan fingerprint density at radius 1 is 1.33 bits per heavy atom. The number of carbonyl (C=O) groups excluding carboxylic acids is 1. The maximum Gasteiger partial charge on any atom is 0.303 e. The van der Waals surface area contributed by atoms with Gasteiger partial charge in [-0.3, -0.25) is 9.59 Å². The highest BCUT2D eigenvalue weighted by Gasteiger charge is 2.40. The van der Waals surface area contributed by atoms with E-state index >= 15 is 0 Å². The number of aliphatic carboxylic acids is 1. The highest BCUT2D eigenvalue weighted by molar-refractivity contribution is 5.79. The van der Waals surface area contributed by atoms with Gasteiger partial charge in [-0.05, 0) is 30.6 Å². The van der Waals surface area contributed by atoms with Gasteiger partial charge in [0.25, 0.3) is 0 Å². The van der Waals surface area contributed by atoms with Crippen molar-refractivity contribution in [2.45, 2.75) is 51.4 Å². The zero-order valence-corrected chi connectivity index (χ0v) is 9.00. The topological polar surface area (TPSA) is 54.4 Å². The van der Waals surface area contributed by atoms with Crippen LogP contribution in [0.25, 0.3) is 0 Å². The number of rotatable bonds is 4. The highest BCUT2D eigenvalue weighted by Crippen LogP contribution is 2.49. The van der Waals surface area contributed by atoms with E-state index < -0.39 is 5.97 Å². The van der Waals surface area contributed by atoms with Gasteiger partial charge in [0.2, 0.25) is 0 Å². The van der Waals surface area contributed by atoms with Crippen molar-refractivity contribution in [2.24, 2.45) is 11.3 Å². The molecule has 2 aliphatic rings. The molecule has 1 N–H and O–H groups in total. The Balaban J connectivity index is 2.00. The van der Waals surface area contributed by atoms with Gasteiger partial charge >= 0.3 is 5.97 Å². The molecule has 0 unspecified atom stereocenters. The minimum Gasteiger partial charge on any atom is -0.481 e. The Bertz CT molecular complexity index is 269. The SMILES string of the molecule is O=C(O)CC1(CC2CC2)CCC(=O)CC1. The first-order valence-corrected chi connectivity index (χ1v) is 5.83. The summed E-state index contributed by atoms with van der Waals surface area (Å²) in [6, 6.07) is 0. The van der Waals surface area contributed by atoms with Crippen molar-refractivity contribution in [3.8, 4) is 0 Å². The van der Waals surface area contributed by atoms with Crippen LogP contribution in [0.15, 0.2) is 0 Å². The van der Waals surface area contributed by atoms with Crippen LogP contribution >= 0.6 is 0 Å². The second-order valence-electron chi connectivity index (χ2n) is 5.26. The van der Waals surface area contributed by atoms with Crippen molar-refractivity contribution in [2.75, 3.05) is 0 Å². The molecule has 2 fully saturated rings. The Hall–Kier alpha value is -0.860. The molecule has 0 saturated heterocycles. The van der Waals surface area contributed by atoms with Gasteiger partial charge in [0, 0.05) is 12.8 Å². The van der Waals surface area contributed by atoms with Crippen LogP contribution in [0.1, 0.15) is 51.4 Å². The largest absolute Gasteiger partial charge is 0.481 e. The van der Waals surface area contributed by atoms with Crippen LogP contribution in [-0.2, 0) is 9.59 Å². The van der Waals surface area contributed by atoms with E-state index in [9.17, 15) is 9.59 Å². The van der Waals surface area contributed by atoms with E-state index in [0.717, 1.165) is 25.2 Å². The first-order chi connectivity index (χ1) is 7.10. The van der Waals surface area contributed by atoms with Crippen LogP contribution in [0, 0.1) is 11.3 Å². The summed E-state index contributed by atoms with van der Waals surface area (Å²) >= 11 is 0. The minimum absolute atomic E-state index is 0.0547. The van der Waals surface area contributed by atoms with E-state index in [1.165, 1.54) is 12.8 Å². The lowest BCUT2D eigenvalue weighted by Gasteiger charge is -2.35. The summed E-state index contributed by atoms with van der Waals surface area (Å²) < 4.78 is 0. The van der Waals surface area contributed by atoms with E-state index in [1.807, 2.05) is 0 Å². The van der Waals surface area contributed by atoms with Crippen molar-refractivity contribution in [3.63, 3.8) is 0 Å². The molecule has 84 valence electrons. The lowest BCUT2D eigenvalue weighted by Crippen LogP contribution is -2.30. The van der Waals surface area contributed by atoms with Crippen LogP contribution in [0.5, 0.6) is 0 Å². The maximum atomic E-state index is 11.2. The van der Waals surface area contributed by atoms with Gasteiger partial charge in [0.05, 0.1) is 6.42 Å². The second-order valence-corrected chi connectivity index (χ2v) is 5.26. The molecule has 3 nitrogen and oxygen atoms in total. The molecular weight excluding hydrogens is 192 g/mol. The fourth-order valence-electron chi connectivity index (χ4n) is 2.77. The van der Waals surface area contributed by atoms with Gasteiger partial charge in [-0.15, -0.1) is 0 Å². The molecule has 0 aromatic rings. The van der Waals surface area contributed by atoms with E-state index in [-0.39, 0.29) is 11.8 Å². The molecule has 0 aromatic heterocycles. The lowest BCUT2D eigenvalue weighted by molar-refractivity contribution is -0.141. The van der Waals surface area contributed by atoms with Gasteiger partial charge in [-0.1, -0.05) is 12.8 Å². The fraction of sp³-hybridized carbons (Fsp3) is 0.833. The van der Waals surface area contributed by atoms with Crippen molar-refractivity contribution in [3.05, 3.63) is 0 Å². The third-order valence-electron chi connectivity index (χ3n) is 3.81. The molecule has 0 spiro atoms. The molecule has 0 radical (unpaired) electrons. The summed E-state index contributed by atoms with van der Waals surface area (Å²) in [6.45, 7) is 0. The van der Waals surface area contributed by atoms with Gasteiger partial charge in [0.15, 0.2) is 0 Å². The number of hydrogen-bond acceptors (Lipinski definition) is 2. The van der Waals surface area contributed by atoms with Crippen molar-refractivity contribution in [1.82, 2.24) is 0 Å². The average molecular weight is 210 g/mol. The summed E-state index contributed by atoms with van der Waals surface area (Å²) in [5, 5.41) is 8.95. The number of Topliss-reactive ketones (excluding diaryl/α,β-unsaturated/α-hetero) is 1. The molecule has 3 heteroatoms. The fourth-order valence-corrected chi connectivity index (χ4v) is 2.77. The molecule has 0 atom stereocenters. The summed E-state index contributed by atoms with van der Waals surface area (Å²) in [5.41, 5.74) is -0.0547. The molecule has 0 aliphatic heterocycles. The average Bonchev–Trinajstić information content (AvgIpc) is 2.93. The van der Waals surface area contributed by atoms with Crippen LogP contribution in [0.3, 0.4) is 0 Å². The minimum atomic E-state index is -0.704. The number of carboxylic acids is 1. The Morgan fingerprint density at radius 3 is 2.40 bits per heavy atom. The van der Waals surface area contributed by atoms with Crippen LogP contribution < -0.4 is 0 Å². The van der Waals surface area contributed by atoms with Crippen molar-refractivity contribution >= 4 is 11.8 Å². The predicted molar refractivity (Wildman–Crippen MR) is 55.5 cm³/mol. The summed E-state index contributed by atoms with van der Waals surface area (Å²) in [4.78, 5) is 22.1. The lowest BCUT2D eigenvalue weighted by atomic mass is 9.68. The Morgan fingerprint density at radius 2 is 1.93 bits per heavy atom. The molecule has 2 aliphatic carbocycles. The van der Waals surface area contributed by atoms with E-state index in [4.69, 9.17) is 5.11 Å². The van der Waals surface area contributed by atoms with E-state index in [2.05, 4.69) is 0 Å². The van der Waals surface area contributed by atoms with E-state index in [0.29, 0.717) is 18.6 Å². The number of hydrogen-bond donors (Lipinski definition) is 1. The predicted octanol–water partition coefficient (Wildman–Crippen LogP) is 2.39. The second kappa shape index (κ2) is 3.95. The van der Waals surface area contributed by atoms with Gasteiger partial charge in [-0.2, -0.15) is 0 Å². The summed E-state index contributed by atoms with van der Waals surface area (Å²) in [6.07, 6.45) is 6.61. The first-order valence-electron chi connectivity index (χ1n) is 5.83. The van der Waals surface area contributed by atoms with Gasteiger partial charge in [0.1, 0.15) is 5.78 Å². The van der Waals surface area contributed by atoms with Crippen LogP contribution in [-0.4, -0.2) is 16.9 Å². The molecule has 0 amide bonds. The molecular formula is C12H18O3. The molecule has 2 saturated carbocycles. The smallest absolute Gasteiger partial charge is 0.303 e. The van der Waals surface area contributed by atoms with Gasteiger partial charge < -0.3 is 5.11 Å². The third kappa shape index (κ3) is 2.80. The maximum absolute atomic E-state index is 11.2. The quantitative estimate of drug-likeness (QED) is 0.775. The standard InChI is InChI=1S/C12H18O3/c13-10-3-5-12(6-4-10,8-11(14)15)7-9-1-2-9/h9H,1-8H2,(H,14,15). The molecule has 0 aromatic carbocycles. The zero-order chi connectivity index (χ0) is 10.9. The summed E-state index contributed by atoms with van der Waals surface area (Å²) in [5.74, 6) is 0.356. The molecule has 15 heavy (non-hydrogen) atoms.